The van der Waals surface area contributed by atoms with Crippen molar-refractivity contribution < 1.29 is 9.26 Å². The minimum Gasteiger partial charge on any atom is -0.485 e. The van der Waals surface area contributed by atoms with Gasteiger partial charge in [-0.15, -0.1) is 0 Å². The van der Waals surface area contributed by atoms with Gasteiger partial charge in [-0.05, 0) is 30.3 Å². The molecule has 0 aliphatic rings. The van der Waals surface area contributed by atoms with E-state index in [-0.39, 0.29) is 6.61 Å². The fourth-order valence-electron chi connectivity index (χ4n) is 2.44. The number of nitrogens with zero attached hydrogens (tertiary/aromatic N) is 3. The molecule has 0 radical (unpaired) electrons. The minimum atomic E-state index is 0.200. The predicted octanol–water partition coefficient (Wildman–Crippen LogP) is 5.17. The molecule has 0 aliphatic heterocycles. The molecule has 0 unspecified atom stereocenters. The maximum Gasteiger partial charge on any atom is 0.260 e. The number of hydrogen-bond acceptors (Lipinski definition) is 5. The van der Waals surface area contributed by atoms with Gasteiger partial charge in [0.15, 0.2) is 6.61 Å². The maximum absolute atomic E-state index is 6.19. The lowest BCUT2D eigenvalue weighted by atomic mass is 10.1. The van der Waals surface area contributed by atoms with Crippen molar-refractivity contribution in [3.8, 4) is 17.2 Å². The van der Waals surface area contributed by atoms with E-state index in [1.165, 1.54) is 0 Å². The summed E-state index contributed by atoms with van der Waals surface area (Å²) >= 11 is 12.2. The summed E-state index contributed by atoms with van der Waals surface area (Å²) in [7, 11) is 0. The first-order valence-electron chi connectivity index (χ1n) is 7.45. The highest BCUT2D eigenvalue weighted by Gasteiger charge is 2.15. The van der Waals surface area contributed by atoms with Gasteiger partial charge in [0.1, 0.15) is 5.75 Å². The average Bonchev–Trinajstić information content (AvgIpc) is 3.08. The summed E-state index contributed by atoms with van der Waals surface area (Å²) in [6, 6.07) is 14.7. The van der Waals surface area contributed by atoms with Crippen LogP contribution in [0.25, 0.3) is 22.4 Å². The number of fused-ring (bicyclic) bond motifs is 1. The Morgan fingerprint density at radius 2 is 1.80 bits per heavy atom. The van der Waals surface area contributed by atoms with E-state index in [1.54, 1.807) is 24.4 Å². The molecule has 0 spiro atoms. The van der Waals surface area contributed by atoms with Crippen LogP contribution in [0, 0.1) is 0 Å². The number of hydrogen-bond donors (Lipinski definition) is 0. The Morgan fingerprint density at radius 1 is 1.00 bits per heavy atom. The summed E-state index contributed by atoms with van der Waals surface area (Å²) in [6.45, 7) is 0.200. The molecule has 0 saturated heterocycles. The van der Waals surface area contributed by atoms with E-state index in [0.29, 0.717) is 32.8 Å². The lowest BCUT2D eigenvalue weighted by molar-refractivity contribution is 0.287. The Kier molecular flexibility index (Phi) is 4.26. The first-order chi connectivity index (χ1) is 12.2. The van der Waals surface area contributed by atoms with Crippen molar-refractivity contribution in [2.24, 2.45) is 0 Å². The topological polar surface area (TPSA) is 61.0 Å². The van der Waals surface area contributed by atoms with Crippen LogP contribution < -0.4 is 4.74 Å². The quantitative estimate of drug-likeness (QED) is 0.495. The van der Waals surface area contributed by atoms with Gasteiger partial charge < -0.3 is 9.26 Å². The van der Waals surface area contributed by atoms with Crippen molar-refractivity contribution in [3.05, 3.63) is 70.6 Å². The predicted molar refractivity (Wildman–Crippen MR) is 95.8 cm³/mol. The molecule has 2 aromatic heterocycles. The summed E-state index contributed by atoms with van der Waals surface area (Å²) in [4.78, 5) is 8.73. The van der Waals surface area contributed by atoms with Crippen LogP contribution in [0.4, 0.5) is 0 Å². The number of ether oxygens (including phenoxy) is 1. The fourth-order valence-corrected chi connectivity index (χ4v) is 2.83. The largest absolute Gasteiger partial charge is 0.485 e. The number of rotatable bonds is 4. The third-order valence-electron chi connectivity index (χ3n) is 3.52. The van der Waals surface area contributed by atoms with E-state index in [2.05, 4.69) is 15.1 Å². The van der Waals surface area contributed by atoms with Crippen LogP contribution in [0.2, 0.25) is 10.0 Å². The van der Waals surface area contributed by atoms with Crippen molar-refractivity contribution in [2.75, 3.05) is 0 Å². The molecule has 0 aliphatic carbocycles. The zero-order valence-electron chi connectivity index (χ0n) is 12.8. The molecule has 2 aromatic carbocycles. The lowest BCUT2D eigenvalue weighted by Gasteiger charge is -2.03. The maximum atomic E-state index is 6.19. The average molecular weight is 372 g/mol. The minimum absolute atomic E-state index is 0.200. The standard InChI is InChI=1S/C18H11Cl2N3O2/c19-12-6-11-7-13(20)9-21-17(11)15(8-12)18-22-16(23-25-18)10-24-14-4-2-1-3-5-14/h1-9H,10H2. The number of para-hydroxylation sites is 1. The zero-order valence-corrected chi connectivity index (χ0v) is 14.3. The molecular weight excluding hydrogens is 361 g/mol. The van der Waals surface area contributed by atoms with Crippen molar-refractivity contribution in [2.45, 2.75) is 6.61 Å². The van der Waals surface area contributed by atoms with E-state index in [0.717, 1.165) is 11.1 Å². The molecule has 4 rings (SSSR count). The SMILES string of the molecule is Clc1cnc2c(-c3nc(COc4ccccc4)no3)cc(Cl)cc2c1. The fraction of sp³-hybridized carbons (Fsp3) is 0.0556. The molecule has 124 valence electrons. The van der Waals surface area contributed by atoms with E-state index in [4.69, 9.17) is 32.5 Å². The second-order valence-corrected chi connectivity index (χ2v) is 6.17. The van der Waals surface area contributed by atoms with Gasteiger partial charge >= 0.3 is 0 Å². The molecule has 0 amide bonds. The summed E-state index contributed by atoms with van der Waals surface area (Å²) in [5.74, 6) is 1.49. The first kappa shape index (κ1) is 15.9. The molecule has 5 nitrogen and oxygen atoms in total. The third kappa shape index (κ3) is 3.43. The molecule has 0 fully saturated rings. The molecule has 0 atom stereocenters. The van der Waals surface area contributed by atoms with Crippen LogP contribution in [0.3, 0.4) is 0 Å². The summed E-state index contributed by atoms with van der Waals surface area (Å²) in [5, 5.41) is 5.82. The highest BCUT2D eigenvalue weighted by atomic mass is 35.5. The Bertz CT molecular complexity index is 1030. The summed E-state index contributed by atoms with van der Waals surface area (Å²) in [6.07, 6.45) is 1.57. The number of halogens is 2. The molecule has 2 heterocycles. The van der Waals surface area contributed by atoms with Gasteiger partial charge in [-0.1, -0.05) is 46.6 Å². The molecule has 0 saturated carbocycles. The van der Waals surface area contributed by atoms with Gasteiger partial charge in [0, 0.05) is 16.6 Å². The summed E-state index contributed by atoms with van der Waals surface area (Å²) in [5.41, 5.74) is 1.34. The van der Waals surface area contributed by atoms with E-state index in [1.807, 2.05) is 30.3 Å². The first-order valence-corrected chi connectivity index (χ1v) is 8.20. The summed E-state index contributed by atoms with van der Waals surface area (Å²) < 4.78 is 11.0. The van der Waals surface area contributed by atoms with Gasteiger partial charge in [0.25, 0.3) is 5.89 Å². The van der Waals surface area contributed by atoms with Gasteiger partial charge in [0.05, 0.1) is 16.1 Å². The molecule has 7 heteroatoms. The van der Waals surface area contributed by atoms with Crippen molar-refractivity contribution >= 4 is 34.1 Å². The van der Waals surface area contributed by atoms with Crippen LogP contribution in [0.15, 0.2) is 59.3 Å². The van der Waals surface area contributed by atoms with Gasteiger partial charge in [-0.3, -0.25) is 4.98 Å². The highest BCUT2D eigenvalue weighted by molar-refractivity contribution is 6.33. The number of pyridine rings is 1. The Morgan fingerprint density at radius 3 is 2.64 bits per heavy atom. The van der Waals surface area contributed by atoms with Crippen molar-refractivity contribution in [3.63, 3.8) is 0 Å². The van der Waals surface area contributed by atoms with E-state index < -0.39 is 0 Å². The van der Waals surface area contributed by atoms with Crippen molar-refractivity contribution in [1.82, 2.24) is 15.1 Å². The Balaban J connectivity index is 1.65. The van der Waals surface area contributed by atoms with E-state index >= 15 is 0 Å². The van der Waals surface area contributed by atoms with Gasteiger partial charge in [0.2, 0.25) is 5.82 Å². The van der Waals surface area contributed by atoms with E-state index in [9.17, 15) is 0 Å². The molecule has 4 aromatic rings. The van der Waals surface area contributed by atoms with Gasteiger partial charge in [-0.2, -0.15) is 4.98 Å². The van der Waals surface area contributed by atoms with Crippen LogP contribution in [0.5, 0.6) is 5.75 Å². The molecular formula is C18H11Cl2N3O2. The molecule has 25 heavy (non-hydrogen) atoms. The number of benzene rings is 2. The number of aromatic nitrogens is 3. The normalized spacial score (nSPS) is 11.0. The lowest BCUT2D eigenvalue weighted by Crippen LogP contribution is -1.97. The monoisotopic (exact) mass is 371 g/mol. The Hall–Kier alpha value is -2.63. The van der Waals surface area contributed by atoms with Crippen LogP contribution in [0.1, 0.15) is 5.82 Å². The molecule has 0 N–H and O–H groups in total. The Labute approximate surface area is 153 Å². The zero-order chi connectivity index (χ0) is 17.2. The van der Waals surface area contributed by atoms with Crippen molar-refractivity contribution in [1.29, 1.82) is 0 Å². The van der Waals surface area contributed by atoms with Crippen LogP contribution >= 0.6 is 23.2 Å². The third-order valence-corrected chi connectivity index (χ3v) is 3.95. The smallest absolute Gasteiger partial charge is 0.260 e. The van der Waals surface area contributed by atoms with Crippen LogP contribution in [-0.2, 0) is 6.61 Å². The van der Waals surface area contributed by atoms with Gasteiger partial charge in [-0.25, -0.2) is 0 Å². The second kappa shape index (κ2) is 6.70. The molecule has 0 bridgehead atoms. The highest BCUT2D eigenvalue weighted by Crippen LogP contribution is 2.31. The van der Waals surface area contributed by atoms with Crippen LogP contribution in [-0.4, -0.2) is 15.1 Å². The second-order valence-electron chi connectivity index (χ2n) is 5.30.